The number of pyridine rings is 1. The van der Waals surface area contributed by atoms with Crippen LogP contribution in [0, 0.1) is 15.5 Å². The molecule has 5 heterocycles. The lowest BCUT2D eigenvalue weighted by Gasteiger charge is -2.39. The van der Waals surface area contributed by atoms with E-state index in [2.05, 4.69) is 55.6 Å². The van der Waals surface area contributed by atoms with E-state index in [1.807, 2.05) is 30.3 Å². The van der Waals surface area contributed by atoms with Crippen LogP contribution in [-0.2, 0) is 24.8 Å². The fourth-order valence-electron chi connectivity index (χ4n) is 9.04. The summed E-state index contributed by atoms with van der Waals surface area (Å²) in [5.41, 5.74) is 6.46. The second kappa shape index (κ2) is 18.3. The molecule has 0 radical (unpaired) electrons. The van der Waals surface area contributed by atoms with Crippen LogP contribution in [0.5, 0.6) is 5.75 Å². The molecular weight excluding hydrogens is 922 g/mol. The molecule has 2 N–H and O–H groups in total. The lowest BCUT2D eigenvalue weighted by molar-refractivity contribution is -0.386. The quantitative estimate of drug-likeness (QED) is 0.0947. The Morgan fingerprint density at radius 3 is 2.54 bits per heavy atom. The Bertz CT molecular complexity index is 3150. The van der Waals surface area contributed by atoms with Crippen LogP contribution in [0.15, 0.2) is 95.7 Å². The average molecular weight is 973 g/mol. The van der Waals surface area contributed by atoms with Crippen LogP contribution in [0.25, 0.3) is 33.3 Å². The summed E-state index contributed by atoms with van der Waals surface area (Å²) in [6.45, 7) is 8.51. The number of aromatic nitrogens is 4. The van der Waals surface area contributed by atoms with Gasteiger partial charge in [0.25, 0.3) is 15.9 Å². The van der Waals surface area contributed by atoms with Gasteiger partial charge >= 0.3 is 5.69 Å². The molecule has 2 fully saturated rings. The summed E-state index contributed by atoms with van der Waals surface area (Å²) < 4.78 is 68.0. The molecule has 2 aliphatic heterocycles. The second-order valence-corrected chi connectivity index (χ2v) is 22.1. The number of carbonyl (C=O) groups is 1. The molecule has 18 nitrogen and oxygen atoms in total. The number of aromatic amines is 1. The number of rotatable bonds is 13. The number of allylic oxidation sites excluding steroid dienone is 1. The number of anilines is 1. The standard InChI is InChI=1S/C46H50ClN9O9S2/c1-46(2)14-12-32(38(25-46)30-4-6-33(47)7-5-30)27-52-16-18-53(19-17-52)34-8-10-37(40(23-34)55-41-22-31-13-15-48-44(31)50-39(41)26-49-55)45(57)51-67(62,63)36-9-11-43(42(24-36)56(58)59)65-29-35-28-54(20-21-64-35)66(3,60)61/h4-11,13,15,22-24,26,35H,12,14,16-21,25,27-29H2,1-3H3,(H,48,50)(H,51,57). The predicted molar refractivity (Wildman–Crippen MR) is 255 cm³/mol. The fraction of sp³-hybridized carbons (Fsp3) is 0.370. The first-order valence-corrected chi connectivity index (χ1v) is 25.6. The van der Waals surface area contributed by atoms with Gasteiger partial charge in [-0.1, -0.05) is 43.2 Å². The Balaban J connectivity index is 0.962. The molecule has 0 saturated carbocycles. The van der Waals surface area contributed by atoms with E-state index in [9.17, 15) is 31.7 Å². The first kappa shape index (κ1) is 46.2. The Morgan fingerprint density at radius 2 is 1.79 bits per heavy atom. The minimum absolute atomic E-state index is 0.0166. The first-order valence-electron chi connectivity index (χ1n) is 21.9. The van der Waals surface area contributed by atoms with Gasteiger partial charge in [0.1, 0.15) is 23.9 Å². The number of hydrogen-bond donors (Lipinski definition) is 2. The van der Waals surface area contributed by atoms with Crippen molar-refractivity contribution in [3.05, 3.63) is 117 Å². The van der Waals surface area contributed by atoms with Crippen molar-refractivity contribution in [2.75, 3.05) is 70.2 Å². The number of H-pyrrole nitrogens is 1. The van der Waals surface area contributed by atoms with Crippen molar-refractivity contribution in [3.8, 4) is 11.4 Å². The number of hydrogen-bond acceptors (Lipinski definition) is 13. The molecule has 2 saturated heterocycles. The largest absolute Gasteiger partial charge is 0.484 e. The number of morpholine rings is 1. The number of amides is 1. The Morgan fingerprint density at radius 1 is 1.01 bits per heavy atom. The maximum absolute atomic E-state index is 14.2. The summed E-state index contributed by atoms with van der Waals surface area (Å²) in [6, 6.07) is 20.0. The zero-order chi connectivity index (χ0) is 47.3. The SMILES string of the molecule is CC1(C)CCC(CN2CCN(c3ccc(C(=O)NS(=O)(=O)c4ccc(OCC5CN(S(C)(=O)=O)CCO5)c([N+](=O)[O-])c4)c(-n4ncc5nc6[nH]ccc6cc54)c3)CC2)=C(c2ccc(Cl)cc2)C1. The van der Waals surface area contributed by atoms with Crippen LogP contribution >= 0.6 is 11.6 Å². The van der Waals surface area contributed by atoms with Crippen LogP contribution < -0.4 is 14.4 Å². The number of nitro groups is 1. The maximum Gasteiger partial charge on any atom is 0.312 e. The topological polar surface area (TPSA) is 215 Å². The van der Waals surface area contributed by atoms with Crippen molar-refractivity contribution in [2.45, 2.75) is 44.1 Å². The third-order valence-electron chi connectivity index (χ3n) is 12.7. The van der Waals surface area contributed by atoms with Crippen LogP contribution in [0.2, 0.25) is 5.02 Å². The highest BCUT2D eigenvalue weighted by atomic mass is 35.5. The number of carbonyl (C=O) groups excluding carboxylic acids is 1. The summed E-state index contributed by atoms with van der Waals surface area (Å²) >= 11 is 6.25. The number of sulfonamides is 2. The lowest BCUT2D eigenvalue weighted by atomic mass is 9.72. The molecule has 67 heavy (non-hydrogen) atoms. The van der Waals surface area contributed by atoms with Crippen molar-refractivity contribution in [1.29, 1.82) is 0 Å². The molecule has 3 aromatic carbocycles. The van der Waals surface area contributed by atoms with Crippen molar-refractivity contribution < 1.29 is 36.0 Å². The number of halogens is 1. The van der Waals surface area contributed by atoms with Gasteiger partial charge in [0.05, 0.1) is 45.6 Å². The van der Waals surface area contributed by atoms with E-state index in [-0.39, 0.29) is 43.0 Å². The normalized spacial score (nSPS) is 18.7. The summed E-state index contributed by atoms with van der Waals surface area (Å²) in [7, 11) is -8.20. The Labute approximate surface area is 392 Å². The molecular formula is C46H50ClN9O9S2. The van der Waals surface area contributed by atoms with Crippen LogP contribution in [0.1, 0.15) is 49.0 Å². The molecule has 1 aliphatic carbocycles. The molecule has 0 bridgehead atoms. The highest BCUT2D eigenvalue weighted by Gasteiger charge is 2.32. The molecule has 21 heteroatoms. The number of ether oxygens (including phenoxy) is 2. The van der Waals surface area contributed by atoms with E-state index in [0.29, 0.717) is 40.5 Å². The average Bonchev–Trinajstić information content (AvgIpc) is 3.94. The summed E-state index contributed by atoms with van der Waals surface area (Å²) in [5.74, 6) is -1.25. The highest BCUT2D eigenvalue weighted by molar-refractivity contribution is 7.90. The minimum Gasteiger partial charge on any atom is -0.484 e. The van der Waals surface area contributed by atoms with Crippen LogP contribution in [0.3, 0.4) is 0 Å². The Hall–Kier alpha value is -5.90. The number of nitrogens with one attached hydrogen (secondary N) is 2. The maximum atomic E-state index is 14.2. The number of nitro benzene ring substituents is 1. The summed E-state index contributed by atoms with van der Waals surface area (Å²) in [6.07, 6.45) is 6.83. The monoisotopic (exact) mass is 971 g/mol. The zero-order valence-electron chi connectivity index (χ0n) is 37.1. The number of benzene rings is 3. The van der Waals surface area contributed by atoms with Gasteiger partial charge in [-0.15, -0.1) is 0 Å². The third kappa shape index (κ3) is 10.0. The predicted octanol–water partition coefficient (Wildman–Crippen LogP) is 6.41. The van der Waals surface area contributed by atoms with Gasteiger partial charge in [0.2, 0.25) is 10.0 Å². The molecule has 1 atom stereocenters. The van der Waals surface area contributed by atoms with Crippen LogP contribution in [0.4, 0.5) is 11.4 Å². The lowest BCUT2D eigenvalue weighted by Crippen LogP contribution is -2.47. The highest BCUT2D eigenvalue weighted by Crippen LogP contribution is 2.43. The van der Waals surface area contributed by atoms with Crippen molar-refractivity contribution in [3.63, 3.8) is 0 Å². The number of piperazine rings is 1. The molecule has 0 spiro atoms. The van der Waals surface area contributed by atoms with Gasteiger partial charge in [-0.3, -0.25) is 19.8 Å². The molecule has 9 rings (SSSR count). The van der Waals surface area contributed by atoms with Gasteiger partial charge in [-0.05, 0) is 90.4 Å². The van der Waals surface area contributed by atoms with Gasteiger partial charge in [0, 0.05) is 74.2 Å². The van der Waals surface area contributed by atoms with Crippen LogP contribution in [-0.4, -0.2) is 128 Å². The van der Waals surface area contributed by atoms with Crippen molar-refractivity contribution in [1.82, 2.24) is 33.7 Å². The third-order valence-corrected chi connectivity index (χ3v) is 15.6. The van der Waals surface area contributed by atoms with Crippen molar-refractivity contribution >= 4 is 76.6 Å². The van der Waals surface area contributed by atoms with Gasteiger partial charge in [-0.2, -0.15) is 9.40 Å². The smallest absolute Gasteiger partial charge is 0.312 e. The molecule has 1 unspecified atom stereocenters. The molecule has 3 aliphatic rings. The molecule has 6 aromatic rings. The summed E-state index contributed by atoms with van der Waals surface area (Å²) in [5, 5.41) is 18.3. The first-order chi connectivity index (χ1) is 31.9. The van der Waals surface area contributed by atoms with Gasteiger partial charge in [-0.25, -0.2) is 31.2 Å². The van der Waals surface area contributed by atoms with Gasteiger partial charge < -0.3 is 19.4 Å². The molecule has 3 aromatic heterocycles. The van der Waals surface area contributed by atoms with E-state index in [0.717, 1.165) is 74.4 Å². The second-order valence-electron chi connectivity index (χ2n) is 18.0. The van der Waals surface area contributed by atoms with E-state index >= 15 is 0 Å². The number of nitrogens with zero attached hydrogens (tertiary/aromatic N) is 7. The number of fused-ring (bicyclic) bond motifs is 2. The Kier molecular flexibility index (Phi) is 12.6. The minimum atomic E-state index is -4.70. The summed E-state index contributed by atoms with van der Waals surface area (Å²) in [4.78, 5) is 37.5. The van der Waals surface area contributed by atoms with E-state index in [1.54, 1.807) is 29.2 Å². The van der Waals surface area contributed by atoms with E-state index < -0.39 is 47.6 Å². The fourth-order valence-corrected chi connectivity index (χ4v) is 11.0. The van der Waals surface area contributed by atoms with Crippen molar-refractivity contribution in [2.24, 2.45) is 5.41 Å². The van der Waals surface area contributed by atoms with E-state index in [4.69, 9.17) is 21.1 Å². The van der Waals surface area contributed by atoms with Gasteiger partial charge in [0.15, 0.2) is 5.75 Å². The zero-order valence-corrected chi connectivity index (χ0v) is 39.5. The molecule has 1 amide bonds. The van der Waals surface area contributed by atoms with E-state index in [1.165, 1.54) is 21.0 Å². The molecule has 352 valence electrons.